The molecule has 0 amide bonds. The Hall–Kier alpha value is -1.99. The van der Waals surface area contributed by atoms with Gasteiger partial charge in [0.15, 0.2) is 0 Å². The van der Waals surface area contributed by atoms with Crippen LogP contribution in [0, 0.1) is 13.8 Å². The Kier molecular flexibility index (Phi) is 4.56. The molecular weight excluding hydrogens is 306 g/mol. The fourth-order valence-electron chi connectivity index (χ4n) is 3.27. The molecule has 2 aromatic rings. The maximum Gasteiger partial charge on any atom is 0.266 e. The summed E-state index contributed by atoms with van der Waals surface area (Å²) in [6, 6.07) is 3.20. The monoisotopic (exact) mass is 331 g/mol. The summed E-state index contributed by atoms with van der Waals surface area (Å²) in [4.78, 5) is 14.2. The first-order chi connectivity index (χ1) is 11.3. The highest BCUT2D eigenvalue weighted by Crippen LogP contribution is 2.25. The molecular formula is C17H25N5O2. The molecule has 1 N–H and O–H groups in total. The minimum atomic E-state index is -0.870. The maximum absolute atomic E-state index is 11.9. The van der Waals surface area contributed by atoms with Crippen molar-refractivity contribution in [2.45, 2.75) is 45.4 Å². The SMILES string of the molecule is Cc1ccc(=O)n(CC2(O)CCN(Cc3cn(C)nc3C)CC2)n1. The normalized spacial score (nSPS) is 18.0. The van der Waals surface area contributed by atoms with Crippen molar-refractivity contribution in [3.05, 3.63) is 45.6 Å². The minimum absolute atomic E-state index is 0.164. The number of nitrogens with zero attached hydrogens (tertiary/aromatic N) is 5. The van der Waals surface area contributed by atoms with E-state index < -0.39 is 5.60 Å². The molecule has 1 saturated heterocycles. The number of aryl methyl sites for hydroxylation is 3. The molecule has 0 spiro atoms. The van der Waals surface area contributed by atoms with E-state index in [0.29, 0.717) is 12.8 Å². The van der Waals surface area contributed by atoms with Crippen LogP contribution in [0.2, 0.25) is 0 Å². The van der Waals surface area contributed by atoms with Gasteiger partial charge >= 0.3 is 0 Å². The highest BCUT2D eigenvalue weighted by atomic mass is 16.3. The van der Waals surface area contributed by atoms with Crippen molar-refractivity contribution in [2.75, 3.05) is 13.1 Å². The maximum atomic E-state index is 11.9. The van der Waals surface area contributed by atoms with Crippen molar-refractivity contribution in [1.29, 1.82) is 0 Å². The fourth-order valence-corrected chi connectivity index (χ4v) is 3.27. The molecule has 0 aliphatic carbocycles. The van der Waals surface area contributed by atoms with Crippen molar-refractivity contribution >= 4 is 0 Å². The Morgan fingerprint density at radius 2 is 1.92 bits per heavy atom. The first kappa shape index (κ1) is 16.9. The van der Waals surface area contributed by atoms with Crippen LogP contribution in [-0.4, -0.2) is 48.3 Å². The van der Waals surface area contributed by atoms with E-state index in [-0.39, 0.29) is 12.1 Å². The molecule has 24 heavy (non-hydrogen) atoms. The zero-order chi connectivity index (χ0) is 17.3. The van der Waals surface area contributed by atoms with E-state index in [1.54, 1.807) is 6.07 Å². The zero-order valence-electron chi connectivity index (χ0n) is 14.6. The number of likely N-dealkylation sites (tertiary alicyclic amines) is 1. The average molecular weight is 331 g/mol. The van der Waals surface area contributed by atoms with E-state index in [0.717, 1.165) is 31.0 Å². The number of hydrogen-bond acceptors (Lipinski definition) is 5. The van der Waals surface area contributed by atoms with Gasteiger partial charge in [-0.25, -0.2) is 4.68 Å². The molecule has 0 atom stereocenters. The predicted octanol–water partition coefficient (Wildman–Crippen LogP) is 0.621. The van der Waals surface area contributed by atoms with Crippen LogP contribution in [0.4, 0.5) is 0 Å². The summed E-state index contributed by atoms with van der Waals surface area (Å²) in [6.07, 6.45) is 3.31. The van der Waals surface area contributed by atoms with Gasteiger partial charge in [-0.1, -0.05) is 0 Å². The molecule has 1 aliphatic heterocycles. The third-order valence-electron chi connectivity index (χ3n) is 4.74. The van der Waals surface area contributed by atoms with E-state index in [2.05, 4.69) is 15.1 Å². The van der Waals surface area contributed by atoms with Crippen molar-refractivity contribution in [3.8, 4) is 0 Å². The molecule has 0 bridgehead atoms. The number of hydrogen-bond donors (Lipinski definition) is 1. The van der Waals surface area contributed by atoms with Gasteiger partial charge in [-0.2, -0.15) is 10.2 Å². The van der Waals surface area contributed by atoms with Gasteiger partial charge in [0.05, 0.1) is 23.5 Å². The van der Waals surface area contributed by atoms with Gasteiger partial charge in [0.2, 0.25) is 0 Å². The van der Waals surface area contributed by atoms with Gasteiger partial charge in [-0.3, -0.25) is 14.4 Å². The van der Waals surface area contributed by atoms with E-state index >= 15 is 0 Å². The first-order valence-electron chi connectivity index (χ1n) is 8.33. The molecule has 0 saturated carbocycles. The zero-order valence-corrected chi connectivity index (χ0v) is 14.6. The van der Waals surface area contributed by atoms with Crippen molar-refractivity contribution in [1.82, 2.24) is 24.5 Å². The van der Waals surface area contributed by atoms with E-state index in [1.165, 1.54) is 16.3 Å². The van der Waals surface area contributed by atoms with Crippen LogP contribution < -0.4 is 5.56 Å². The summed E-state index contributed by atoms with van der Waals surface area (Å²) in [5, 5.41) is 19.4. The molecule has 0 unspecified atom stereocenters. The number of rotatable bonds is 4. The lowest BCUT2D eigenvalue weighted by Gasteiger charge is -2.38. The minimum Gasteiger partial charge on any atom is -0.388 e. The third-order valence-corrected chi connectivity index (χ3v) is 4.74. The van der Waals surface area contributed by atoms with E-state index in [4.69, 9.17) is 0 Å². The predicted molar refractivity (Wildman–Crippen MR) is 90.6 cm³/mol. The quantitative estimate of drug-likeness (QED) is 0.889. The molecule has 1 fully saturated rings. The Balaban J connectivity index is 1.62. The van der Waals surface area contributed by atoms with Crippen LogP contribution in [0.15, 0.2) is 23.1 Å². The Morgan fingerprint density at radius 1 is 1.21 bits per heavy atom. The lowest BCUT2D eigenvalue weighted by Crippen LogP contribution is -2.48. The van der Waals surface area contributed by atoms with Gasteiger partial charge in [0.1, 0.15) is 0 Å². The summed E-state index contributed by atoms with van der Waals surface area (Å²) in [6.45, 7) is 6.56. The number of piperidine rings is 1. The summed E-state index contributed by atoms with van der Waals surface area (Å²) >= 11 is 0. The second-order valence-electron chi connectivity index (χ2n) is 6.88. The van der Waals surface area contributed by atoms with Crippen LogP contribution in [0.25, 0.3) is 0 Å². The summed E-state index contributed by atoms with van der Waals surface area (Å²) in [5.74, 6) is 0. The van der Waals surface area contributed by atoms with Gasteiger partial charge in [-0.15, -0.1) is 0 Å². The van der Waals surface area contributed by atoms with Crippen LogP contribution in [0.3, 0.4) is 0 Å². The van der Waals surface area contributed by atoms with Crippen molar-refractivity contribution < 1.29 is 5.11 Å². The Labute approximate surface area is 141 Å². The van der Waals surface area contributed by atoms with Gasteiger partial charge < -0.3 is 5.11 Å². The molecule has 7 heteroatoms. The fraction of sp³-hybridized carbons (Fsp3) is 0.588. The van der Waals surface area contributed by atoms with Crippen LogP contribution >= 0.6 is 0 Å². The molecule has 0 radical (unpaired) electrons. The van der Waals surface area contributed by atoms with Gasteiger partial charge in [0, 0.05) is 44.5 Å². The summed E-state index contributed by atoms with van der Waals surface area (Å²) < 4.78 is 3.22. The van der Waals surface area contributed by atoms with Gasteiger partial charge in [0.25, 0.3) is 5.56 Å². The van der Waals surface area contributed by atoms with E-state index in [1.807, 2.05) is 31.8 Å². The average Bonchev–Trinajstić information content (AvgIpc) is 2.83. The highest BCUT2D eigenvalue weighted by Gasteiger charge is 2.33. The van der Waals surface area contributed by atoms with Crippen molar-refractivity contribution in [3.63, 3.8) is 0 Å². The lowest BCUT2D eigenvalue weighted by atomic mass is 9.91. The first-order valence-corrected chi connectivity index (χ1v) is 8.33. The topological polar surface area (TPSA) is 76.2 Å². The highest BCUT2D eigenvalue weighted by molar-refractivity contribution is 5.15. The second-order valence-corrected chi connectivity index (χ2v) is 6.88. The molecule has 3 heterocycles. The summed E-state index contributed by atoms with van der Waals surface area (Å²) in [5.41, 5.74) is 2.02. The smallest absolute Gasteiger partial charge is 0.266 e. The molecule has 130 valence electrons. The Morgan fingerprint density at radius 3 is 2.54 bits per heavy atom. The standard InChI is InChI=1S/C17H25N5O2/c1-13-4-5-16(23)22(18-13)12-17(24)6-8-21(9-7-17)11-15-10-20(3)19-14(15)2/h4-5,10,24H,6-9,11-12H2,1-3H3. The van der Waals surface area contributed by atoms with Crippen LogP contribution in [0.1, 0.15) is 29.8 Å². The number of aliphatic hydroxyl groups is 1. The Bertz CT molecular complexity index is 772. The largest absolute Gasteiger partial charge is 0.388 e. The van der Waals surface area contributed by atoms with Crippen molar-refractivity contribution in [2.24, 2.45) is 7.05 Å². The summed E-state index contributed by atoms with van der Waals surface area (Å²) in [7, 11) is 1.93. The molecule has 3 rings (SSSR count). The van der Waals surface area contributed by atoms with Crippen LogP contribution in [0.5, 0.6) is 0 Å². The molecule has 0 aromatic carbocycles. The van der Waals surface area contributed by atoms with Crippen LogP contribution in [-0.2, 0) is 20.1 Å². The van der Waals surface area contributed by atoms with E-state index in [9.17, 15) is 9.90 Å². The lowest BCUT2D eigenvalue weighted by molar-refractivity contribution is -0.0390. The molecule has 2 aromatic heterocycles. The second kappa shape index (κ2) is 6.49. The molecule has 7 nitrogen and oxygen atoms in total. The third kappa shape index (κ3) is 3.73. The number of aromatic nitrogens is 4. The van der Waals surface area contributed by atoms with Gasteiger partial charge in [-0.05, 0) is 32.8 Å². The molecule has 1 aliphatic rings.